The fourth-order valence-electron chi connectivity index (χ4n) is 16.6. The Morgan fingerprint density at radius 2 is 0.607 bits per heavy atom. The fraction of sp³-hybridized carbons (Fsp3) is 0.278. The Hall–Kier alpha value is -16.3. The smallest absolute Gasteiger partial charge is 0.276 e. The summed E-state index contributed by atoms with van der Waals surface area (Å²) < 4.78 is 11.4. The van der Waals surface area contributed by atoms with Gasteiger partial charge < -0.3 is 71.6 Å². The first-order valence-corrected chi connectivity index (χ1v) is 48.5. The molecule has 17 aromatic rings. The predicted octanol–water partition coefficient (Wildman–Crippen LogP) is 15.4. The number of pyridine rings is 8. The summed E-state index contributed by atoms with van der Waals surface area (Å²) in [5, 5.41) is 56.6. The number of fused-ring (bicyclic) bond motifs is 4. The Morgan fingerprint density at radius 3 is 0.897 bits per heavy atom. The van der Waals surface area contributed by atoms with Gasteiger partial charge in [0, 0.05) is 172 Å². The molecule has 12 aromatic heterocycles. The van der Waals surface area contributed by atoms with Crippen LogP contribution in [0.15, 0.2) is 250 Å². The number of hydrogen-bond acceptors (Lipinski definition) is 29. The van der Waals surface area contributed by atoms with Crippen molar-refractivity contribution >= 4 is 113 Å². The molecule has 3 saturated heterocycles. The van der Waals surface area contributed by atoms with Crippen molar-refractivity contribution in [3.63, 3.8) is 0 Å². The first-order valence-electron chi connectivity index (χ1n) is 48.5. The third-order valence-corrected chi connectivity index (χ3v) is 24.5. The lowest BCUT2D eigenvalue weighted by Gasteiger charge is -2.30. The number of para-hydroxylation sites is 1. The molecule has 5 aromatic carbocycles. The van der Waals surface area contributed by atoms with Gasteiger partial charge in [0.15, 0.2) is 22.8 Å². The Kier molecular flexibility index (Phi) is 33.9. The predicted molar refractivity (Wildman–Crippen MR) is 571 cm³/mol. The van der Waals surface area contributed by atoms with Crippen molar-refractivity contribution in [1.82, 2.24) is 115 Å². The zero-order valence-corrected chi connectivity index (χ0v) is 82.7. The van der Waals surface area contributed by atoms with Crippen LogP contribution in [0.5, 0.6) is 11.5 Å². The lowest BCUT2D eigenvalue weighted by Crippen LogP contribution is -2.36. The number of aromatic nitrogens is 16. The van der Waals surface area contributed by atoms with Gasteiger partial charge in [-0.25, -0.2) is 19.9 Å². The maximum atomic E-state index is 13.1. The molecule has 15 heterocycles. The van der Waals surface area contributed by atoms with Crippen LogP contribution in [0.2, 0.25) is 0 Å². The van der Waals surface area contributed by atoms with E-state index < -0.39 is 0 Å². The Labute approximate surface area is 840 Å². The van der Waals surface area contributed by atoms with Crippen LogP contribution in [-0.4, -0.2) is 300 Å². The van der Waals surface area contributed by atoms with Gasteiger partial charge in [-0.15, -0.1) is 0 Å². The number of aromatic amines is 4. The summed E-state index contributed by atoms with van der Waals surface area (Å²) in [6.07, 6.45) is 25.1. The number of anilines is 8. The highest BCUT2D eigenvalue weighted by Gasteiger charge is 2.24. The van der Waals surface area contributed by atoms with Gasteiger partial charge >= 0.3 is 0 Å². The van der Waals surface area contributed by atoms with E-state index in [1.54, 1.807) is 37.2 Å². The molecule has 0 atom stereocenters. The molecule has 12 N–H and O–H groups in total. The van der Waals surface area contributed by atoms with E-state index in [-0.39, 0.29) is 23.6 Å². The SMILES string of the molecule is CN(C)CCNc1ccc(NC(=O)c2n[nH]c3ccc(-c4cncc(CN5CCC5)c4)cc23)cn1.CN(C)CCNc1ccc(NC(=O)c2n[nH]c3ccc(-c4cncc(CN5CCCC5)c4)cc23)cn1.CN(C)CCNc1ccc(NC(=O)c2n[nH]c3ccc(-c4cncc(CN5CCOCC5)c4)cc23)cn1.CN(C)CCNc1ccc(NC(=O)c2n[nH]c3ccc(-c4cncc(Oc5ccccc5)c4)cc23)cn1. The number of ether oxygens (including phenoxy) is 2. The summed E-state index contributed by atoms with van der Waals surface area (Å²) >= 11 is 0. The van der Waals surface area contributed by atoms with Gasteiger partial charge in [0.05, 0.1) is 89.0 Å². The number of carbonyl (C=O) groups is 4. The molecule has 3 aliphatic heterocycles. The van der Waals surface area contributed by atoms with Gasteiger partial charge in [0.25, 0.3) is 23.6 Å². The number of rotatable bonds is 36. The molecule has 3 fully saturated rings. The topological polar surface area (TPSA) is 423 Å². The van der Waals surface area contributed by atoms with E-state index in [0.29, 0.717) is 56.7 Å². The average molecular weight is 1950 g/mol. The number of morpholine rings is 1. The molecule has 37 heteroatoms. The number of nitrogens with one attached hydrogen (secondary N) is 12. The maximum Gasteiger partial charge on any atom is 0.276 e. The third kappa shape index (κ3) is 28.0. The van der Waals surface area contributed by atoms with Gasteiger partial charge in [0.2, 0.25) is 0 Å². The molecule has 20 rings (SSSR count). The van der Waals surface area contributed by atoms with E-state index in [1.165, 1.54) is 30.4 Å². The first-order chi connectivity index (χ1) is 70.7. The van der Waals surface area contributed by atoms with Crippen molar-refractivity contribution in [3.8, 4) is 56.0 Å². The summed E-state index contributed by atoms with van der Waals surface area (Å²) in [6, 6.07) is 56.4. The van der Waals surface area contributed by atoms with Crippen LogP contribution in [0.25, 0.3) is 88.1 Å². The number of benzene rings is 5. The summed E-state index contributed by atoms with van der Waals surface area (Å²) in [5.74, 6) is 3.23. The molecule has 0 spiro atoms. The summed E-state index contributed by atoms with van der Waals surface area (Å²) in [4.78, 5) is 103. The van der Waals surface area contributed by atoms with Crippen LogP contribution in [0.1, 0.15) is 77.9 Å². The zero-order chi connectivity index (χ0) is 100. The van der Waals surface area contributed by atoms with Crippen LogP contribution in [0.3, 0.4) is 0 Å². The second kappa shape index (κ2) is 48.9. The molecule has 145 heavy (non-hydrogen) atoms. The van der Waals surface area contributed by atoms with Gasteiger partial charge in [-0.1, -0.05) is 42.5 Å². The minimum atomic E-state index is -0.321. The summed E-state index contributed by atoms with van der Waals surface area (Å²) in [7, 11) is 16.2. The molecule has 0 bridgehead atoms. The first kappa shape index (κ1) is 100. The van der Waals surface area contributed by atoms with E-state index in [1.807, 2.05) is 251 Å². The highest BCUT2D eigenvalue weighted by Crippen LogP contribution is 2.35. The van der Waals surface area contributed by atoms with Crippen LogP contribution in [-0.2, 0) is 24.4 Å². The van der Waals surface area contributed by atoms with Crippen molar-refractivity contribution in [2.24, 2.45) is 0 Å². The Balaban J connectivity index is 0.000000132. The van der Waals surface area contributed by atoms with Crippen molar-refractivity contribution in [2.75, 3.05) is 204 Å². The van der Waals surface area contributed by atoms with E-state index in [0.717, 1.165) is 242 Å². The highest BCUT2D eigenvalue weighted by atomic mass is 16.5. The van der Waals surface area contributed by atoms with Crippen LogP contribution < -0.4 is 47.3 Å². The van der Waals surface area contributed by atoms with Gasteiger partial charge in [-0.05, 0) is 274 Å². The van der Waals surface area contributed by atoms with E-state index >= 15 is 0 Å². The summed E-state index contributed by atoms with van der Waals surface area (Å²) in [5.41, 5.74) is 18.3. The van der Waals surface area contributed by atoms with Crippen molar-refractivity contribution in [3.05, 3.63) is 290 Å². The molecule has 37 nitrogen and oxygen atoms in total. The number of hydrogen-bond donors (Lipinski definition) is 12. The van der Waals surface area contributed by atoms with Crippen LogP contribution in [0, 0.1) is 0 Å². The lowest BCUT2D eigenvalue weighted by molar-refractivity contribution is 0.0341. The third-order valence-electron chi connectivity index (χ3n) is 24.5. The standard InChI is InChI=1S/C28H27N7O2.C27H32N8O2.C27H32N8O.C26H30N8O/c1-35(2)13-12-30-26-11-9-21(17-31-26)32-28(36)27-24-15-19(8-10-25(24)33-34-27)20-14-23(18-29-16-20)37-22-6-4-3-5-7-22;1-34(2)8-7-29-25-6-4-22(17-30-25)31-27(36)26-23-14-20(3-5-24(23)32-33-26)21-13-19(15-28-16-21)18-35-9-11-37-12-10-35;1-34(2)12-9-29-25-8-6-22(17-30-25)31-27(36)26-23-14-20(5-7-24(23)32-33-26)21-13-19(15-28-16-21)18-35-10-3-4-11-35;1-33(2)11-8-28-24-7-5-21(16-29-24)30-26(35)25-22-13-19(4-6-23(22)31-32-25)20-12-18(14-27-15-20)17-34-9-3-10-34/h3-11,14-18H,12-13H2,1-2H3,(H,30,31)(H,32,36)(H,33,34);3-6,13-17H,7-12,18H2,1-2H3,(H,29,30)(H,31,36)(H,32,33);5-8,13-17H,3-4,9-12,18H2,1-2H3,(H,29,30)(H,31,36)(H,32,33);4-7,12-16H,3,8-11,17H2,1-2H3,(H,28,29)(H,30,35)(H,31,32). The quantitative estimate of drug-likeness (QED) is 0.0173. The molecule has 0 radical (unpaired) electrons. The second-order valence-electron chi connectivity index (χ2n) is 36.9. The molecule has 3 aliphatic rings. The highest BCUT2D eigenvalue weighted by molar-refractivity contribution is 6.15. The lowest BCUT2D eigenvalue weighted by atomic mass is 10.0. The number of likely N-dealkylation sites (N-methyl/N-ethyl adjacent to an activating group) is 4. The molecule has 4 amide bonds. The molecular weight excluding hydrogens is 1830 g/mol. The largest absolute Gasteiger partial charge is 0.456 e. The Morgan fingerprint density at radius 1 is 0.310 bits per heavy atom. The minimum absolute atomic E-state index is 0.283. The van der Waals surface area contributed by atoms with Gasteiger partial charge in [0.1, 0.15) is 34.8 Å². The van der Waals surface area contributed by atoms with Crippen LogP contribution in [0.4, 0.5) is 46.0 Å². The van der Waals surface area contributed by atoms with Crippen molar-refractivity contribution < 1.29 is 28.7 Å². The van der Waals surface area contributed by atoms with E-state index in [4.69, 9.17) is 9.47 Å². The number of nitrogens with zero attached hydrogens (tertiary/aromatic N) is 19. The van der Waals surface area contributed by atoms with Gasteiger partial charge in [-0.3, -0.25) is 74.2 Å². The zero-order valence-electron chi connectivity index (χ0n) is 82.7. The maximum absolute atomic E-state index is 13.1. The molecule has 0 unspecified atom stereocenters. The fourth-order valence-corrected chi connectivity index (χ4v) is 16.6. The second-order valence-corrected chi connectivity index (χ2v) is 36.9. The number of likely N-dealkylation sites (tertiary alicyclic amines) is 2. The average Bonchev–Trinajstić information content (AvgIpc) is 1.16. The monoisotopic (exact) mass is 1950 g/mol. The van der Waals surface area contributed by atoms with E-state index in [2.05, 4.69) is 176 Å². The molecule has 0 aliphatic carbocycles. The number of amides is 4. The molecular formula is C108H121N31O6. The van der Waals surface area contributed by atoms with Gasteiger partial charge in [-0.2, -0.15) is 20.4 Å². The van der Waals surface area contributed by atoms with E-state index in [9.17, 15) is 19.2 Å². The normalized spacial score (nSPS) is 13.2. The van der Waals surface area contributed by atoms with Crippen LogP contribution >= 0.6 is 0 Å². The number of carbonyl (C=O) groups excluding carboxylic acids is 4. The summed E-state index contributed by atoms with van der Waals surface area (Å²) in [6.45, 7) is 17.4. The molecule has 744 valence electrons. The van der Waals surface area contributed by atoms with Crippen molar-refractivity contribution in [2.45, 2.75) is 38.9 Å². The Bertz CT molecular complexity index is 7180. The molecule has 0 saturated carbocycles. The minimum Gasteiger partial charge on any atom is -0.456 e. The number of H-pyrrole nitrogens is 4. The van der Waals surface area contributed by atoms with Crippen molar-refractivity contribution in [1.29, 1.82) is 0 Å².